The first-order chi connectivity index (χ1) is 9.74. The molecule has 0 atom stereocenters. The average Bonchev–Trinajstić information content (AvgIpc) is 2.69. The van der Waals surface area contributed by atoms with E-state index >= 15 is 0 Å². The summed E-state index contributed by atoms with van der Waals surface area (Å²) in [5.74, 6) is 1.60. The first kappa shape index (κ1) is 12.4. The molecule has 2 heterocycles. The number of aromatic nitrogens is 2. The van der Waals surface area contributed by atoms with Gasteiger partial charge in [0.2, 0.25) is 0 Å². The van der Waals surface area contributed by atoms with Gasteiger partial charge < -0.3 is 15.4 Å². The molecule has 0 bridgehead atoms. The second kappa shape index (κ2) is 5.16. The van der Waals surface area contributed by atoms with Gasteiger partial charge in [-0.05, 0) is 6.07 Å². The van der Waals surface area contributed by atoms with E-state index in [2.05, 4.69) is 14.9 Å². The quantitative estimate of drug-likeness (QED) is 0.631. The Morgan fingerprint density at radius 1 is 1.25 bits per heavy atom. The van der Waals surface area contributed by atoms with Crippen LogP contribution in [0.15, 0.2) is 36.7 Å². The van der Waals surface area contributed by atoms with Crippen LogP contribution in [0.3, 0.4) is 0 Å². The van der Waals surface area contributed by atoms with Crippen molar-refractivity contribution in [2.45, 2.75) is 6.54 Å². The van der Waals surface area contributed by atoms with Gasteiger partial charge in [0, 0.05) is 12.1 Å². The molecule has 0 amide bonds. The van der Waals surface area contributed by atoms with E-state index in [0.717, 1.165) is 30.2 Å². The fourth-order valence-corrected chi connectivity index (χ4v) is 2.14. The number of benzene rings is 1. The zero-order valence-corrected chi connectivity index (χ0v) is 10.9. The lowest BCUT2D eigenvalue weighted by atomic mass is 10.2. The molecule has 0 saturated heterocycles. The number of nitrogens with two attached hydrogens (primary N) is 1. The molecular weight excluding hydrogens is 254 g/mol. The summed E-state index contributed by atoms with van der Waals surface area (Å²) < 4.78 is 5.72. The van der Waals surface area contributed by atoms with Crippen molar-refractivity contribution in [1.82, 2.24) is 9.97 Å². The van der Waals surface area contributed by atoms with E-state index in [0.29, 0.717) is 12.3 Å². The molecule has 0 saturated carbocycles. The van der Waals surface area contributed by atoms with Gasteiger partial charge in [0.1, 0.15) is 29.7 Å². The topological polar surface area (TPSA) is 88.1 Å². The van der Waals surface area contributed by atoms with Crippen molar-refractivity contribution in [2.75, 3.05) is 18.1 Å². The van der Waals surface area contributed by atoms with Gasteiger partial charge in [-0.15, -0.1) is 0 Å². The maximum Gasteiger partial charge on any atom is 0.147 e. The second-order valence-corrected chi connectivity index (χ2v) is 4.55. The van der Waals surface area contributed by atoms with E-state index < -0.39 is 0 Å². The Hall–Kier alpha value is -2.63. The summed E-state index contributed by atoms with van der Waals surface area (Å²) in [6.07, 6.45) is 3.17. The minimum atomic E-state index is -0.0754. The standard InChI is InChI=1S/C14H15N5O/c15-14(16)11-7-18-13(8-17-11)19-5-6-20-12-4-2-1-3-10(12)9-19/h1-4,7-8H,5-6,9H2,(H3,15,16). The van der Waals surface area contributed by atoms with E-state index in [4.69, 9.17) is 15.9 Å². The molecule has 3 N–H and O–H groups in total. The van der Waals surface area contributed by atoms with Gasteiger partial charge in [0.05, 0.1) is 18.9 Å². The summed E-state index contributed by atoms with van der Waals surface area (Å²) in [6.45, 7) is 2.07. The van der Waals surface area contributed by atoms with Gasteiger partial charge in [-0.2, -0.15) is 0 Å². The zero-order valence-electron chi connectivity index (χ0n) is 10.9. The third-order valence-electron chi connectivity index (χ3n) is 3.19. The van der Waals surface area contributed by atoms with Crippen LogP contribution in [0.1, 0.15) is 11.3 Å². The Balaban J connectivity index is 1.85. The smallest absolute Gasteiger partial charge is 0.147 e. The second-order valence-electron chi connectivity index (χ2n) is 4.55. The third-order valence-corrected chi connectivity index (χ3v) is 3.19. The van der Waals surface area contributed by atoms with E-state index in [1.807, 2.05) is 24.3 Å². The van der Waals surface area contributed by atoms with Crippen LogP contribution in [0.4, 0.5) is 5.82 Å². The van der Waals surface area contributed by atoms with Crippen LogP contribution >= 0.6 is 0 Å². The molecule has 1 aliphatic rings. The van der Waals surface area contributed by atoms with E-state index in [9.17, 15) is 0 Å². The molecule has 0 radical (unpaired) electrons. The number of rotatable bonds is 2. The van der Waals surface area contributed by atoms with Gasteiger partial charge >= 0.3 is 0 Å². The maximum atomic E-state index is 7.32. The van der Waals surface area contributed by atoms with Crippen molar-refractivity contribution in [3.05, 3.63) is 47.9 Å². The summed E-state index contributed by atoms with van der Waals surface area (Å²) >= 11 is 0. The van der Waals surface area contributed by atoms with Crippen LogP contribution in [0.25, 0.3) is 0 Å². The normalized spacial score (nSPS) is 14.1. The average molecular weight is 269 g/mol. The molecule has 1 aromatic carbocycles. The Morgan fingerprint density at radius 3 is 2.85 bits per heavy atom. The highest BCUT2D eigenvalue weighted by molar-refractivity contribution is 5.92. The molecule has 102 valence electrons. The summed E-state index contributed by atoms with van der Waals surface area (Å²) in [6, 6.07) is 7.99. The van der Waals surface area contributed by atoms with Crippen LogP contribution in [0.5, 0.6) is 5.75 Å². The number of hydrogen-bond donors (Lipinski definition) is 2. The van der Waals surface area contributed by atoms with Crippen LogP contribution < -0.4 is 15.4 Å². The summed E-state index contributed by atoms with van der Waals surface area (Å²) in [5.41, 5.74) is 6.89. The number of ether oxygens (including phenoxy) is 1. The van der Waals surface area contributed by atoms with E-state index in [-0.39, 0.29) is 5.84 Å². The van der Waals surface area contributed by atoms with Crippen molar-refractivity contribution in [2.24, 2.45) is 5.73 Å². The Kier molecular flexibility index (Phi) is 3.20. The van der Waals surface area contributed by atoms with Crippen molar-refractivity contribution in [1.29, 1.82) is 5.41 Å². The van der Waals surface area contributed by atoms with Crippen molar-refractivity contribution in [3.63, 3.8) is 0 Å². The lowest BCUT2D eigenvalue weighted by Crippen LogP contribution is -2.26. The highest BCUT2D eigenvalue weighted by Crippen LogP contribution is 2.24. The number of fused-ring (bicyclic) bond motifs is 1. The van der Waals surface area contributed by atoms with Gasteiger partial charge in [-0.1, -0.05) is 18.2 Å². The number of hydrogen-bond acceptors (Lipinski definition) is 5. The van der Waals surface area contributed by atoms with Gasteiger partial charge in [-0.25, -0.2) is 9.97 Å². The predicted molar refractivity (Wildman–Crippen MR) is 76.0 cm³/mol. The molecule has 6 nitrogen and oxygen atoms in total. The van der Waals surface area contributed by atoms with Crippen molar-refractivity contribution < 1.29 is 4.74 Å². The Morgan fingerprint density at radius 2 is 2.10 bits per heavy atom. The fraction of sp³-hybridized carbons (Fsp3) is 0.214. The number of nitrogens with zero attached hydrogens (tertiary/aromatic N) is 3. The molecule has 3 rings (SSSR count). The van der Waals surface area contributed by atoms with Gasteiger partial charge in [0.15, 0.2) is 0 Å². The minimum Gasteiger partial charge on any atom is -0.491 e. The number of nitrogen functional groups attached to an aromatic ring is 1. The SMILES string of the molecule is N=C(N)c1cnc(N2CCOc3ccccc3C2)cn1. The molecular formula is C14H15N5O. The summed E-state index contributed by atoms with van der Waals surface area (Å²) in [5, 5.41) is 7.32. The monoisotopic (exact) mass is 269 g/mol. The molecule has 1 aliphatic heterocycles. The first-order valence-corrected chi connectivity index (χ1v) is 6.36. The zero-order chi connectivity index (χ0) is 13.9. The molecule has 0 aliphatic carbocycles. The van der Waals surface area contributed by atoms with Crippen LogP contribution in [-0.4, -0.2) is 29.0 Å². The molecule has 0 unspecified atom stereocenters. The summed E-state index contributed by atoms with van der Waals surface area (Å²) in [7, 11) is 0. The maximum absolute atomic E-state index is 7.32. The van der Waals surface area contributed by atoms with Gasteiger partial charge in [-0.3, -0.25) is 5.41 Å². The fourth-order valence-electron chi connectivity index (χ4n) is 2.14. The number of amidine groups is 1. The van der Waals surface area contributed by atoms with Gasteiger partial charge in [0.25, 0.3) is 0 Å². The molecule has 6 heteroatoms. The largest absolute Gasteiger partial charge is 0.491 e. The summed E-state index contributed by atoms with van der Waals surface area (Å²) in [4.78, 5) is 10.6. The van der Waals surface area contributed by atoms with E-state index in [1.165, 1.54) is 6.20 Å². The Bertz CT molecular complexity index is 626. The molecule has 0 spiro atoms. The molecule has 2 aromatic rings. The van der Waals surface area contributed by atoms with Crippen LogP contribution in [0, 0.1) is 5.41 Å². The number of anilines is 1. The molecule has 1 aromatic heterocycles. The van der Waals surface area contributed by atoms with Crippen molar-refractivity contribution in [3.8, 4) is 5.75 Å². The highest BCUT2D eigenvalue weighted by Gasteiger charge is 2.16. The molecule has 0 fully saturated rings. The predicted octanol–water partition coefficient (Wildman–Crippen LogP) is 1.16. The molecule has 20 heavy (non-hydrogen) atoms. The van der Waals surface area contributed by atoms with Crippen LogP contribution in [0.2, 0.25) is 0 Å². The first-order valence-electron chi connectivity index (χ1n) is 6.36. The Labute approximate surface area is 116 Å². The number of nitrogens with one attached hydrogen (secondary N) is 1. The number of para-hydroxylation sites is 1. The van der Waals surface area contributed by atoms with Crippen molar-refractivity contribution >= 4 is 11.7 Å². The van der Waals surface area contributed by atoms with E-state index in [1.54, 1.807) is 6.20 Å². The third kappa shape index (κ3) is 2.40. The minimum absolute atomic E-state index is 0.0754. The highest BCUT2D eigenvalue weighted by atomic mass is 16.5. The lowest BCUT2D eigenvalue weighted by Gasteiger charge is -2.20. The van der Waals surface area contributed by atoms with Crippen LogP contribution in [-0.2, 0) is 6.54 Å². The lowest BCUT2D eigenvalue weighted by molar-refractivity contribution is 0.331.